The number of amides is 1. The summed E-state index contributed by atoms with van der Waals surface area (Å²) in [6.45, 7) is 0.436. The molecule has 0 aliphatic heterocycles. The van der Waals surface area contributed by atoms with Crippen LogP contribution >= 0.6 is 46.5 Å². The second kappa shape index (κ2) is 7.87. The molecule has 0 bridgehead atoms. The molecule has 0 radical (unpaired) electrons. The van der Waals surface area contributed by atoms with Gasteiger partial charge in [-0.15, -0.1) is 10.2 Å². The number of carbonyl (C=O) groups is 1. The van der Waals surface area contributed by atoms with Crippen molar-refractivity contribution < 1.29 is 4.79 Å². The first-order chi connectivity index (χ1) is 9.69. The fraction of sp³-hybridized carbons (Fsp3) is 0.250. The molecule has 1 heterocycles. The van der Waals surface area contributed by atoms with Crippen molar-refractivity contribution in [3.8, 4) is 0 Å². The summed E-state index contributed by atoms with van der Waals surface area (Å²) in [5, 5.41) is 11.5. The third kappa shape index (κ3) is 4.66. The van der Waals surface area contributed by atoms with E-state index >= 15 is 0 Å². The summed E-state index contributed by atoms with van der Waals surface area (Å²) >= 11 is 10.5. The second-order valence-electron chi connectivity index (χ2n) is 3.69. The Bertz CT molecular complexity index is 591. The molecule has 106 valence electrons. The number of aromatic nitrogens is 2. The number of halogens is 1. The molecule has 0 atom stereocenters. The van der Waals surface area contributed by atoms with Crippen molar-refractivity contribution in [3.05, 3.63) is 34.9 Å². The number of nitrogens with zero attached hydrogens (tertiary/aromatic N) is 2. The highest BCUT2D eigenvalue weighted by molar-refractivity contribution is 8.03. The quantitative estimate of drug-likeness (QED) is 0.814. The van der Waals surface area contributed by atoms with Crippen LogP contribution in [-0.4, -0.2) is 28.1 Å². The predicted octanol–water partition coefficient (Wildman–Crippen LogP) is 3.32. The third-order valence-electron chi connectivity index (χ3n) is 2.32. The summed E-state index contributed by atoms with van der Waals surface area (Å²) in [4.78, 5) is 11.8. The van der Waals surface area contributed by atoms with Gasteiger partial charge in [-0.2, -0.15) is 0 Å². The molecule has 0 unspecified atom stereocenters. The number of nitrogens with one attached hydrogen (secondary N) is 1. The van der Waals surface area contributed by atoms with E-state index in [1.807, 2.05) is 30.5 Å². The van der Waals surface area contributed by atoms with Gasteiger partial charge in [0.25, 0.3) is 0 Å². The lowest BCUT2D eigenvalue weighted by Crippen LogP contribution is -2.24. The smallest absolute Gasteiger partial charge is 0.230 e. The summed E-state index contributed by atoms with van der Waals surface area (Å²) in [6.07, 6.45) is 1.95. The standard InChI is InChI=1S/C12H12ClN3OS3/c1-18-11-15-16-12(20-11)19-7-10(17)14-6-8-4-2-3-5-9(8)13/h2-5H,6-7H2,1H3,(H,14,17). The van der Waals surface area contributed by atoms with E-state index in [-0.39, 0.29) is 5.91 Å². The first-order valence-corrected chi connectivity index (χ1v) is 9.10. The highest BCUT2D eigenvalue weighted by Gasteiger charge is 2.08. The lowest BCUT2D eigenvalue weighted by molar-refractivity contribution is -0.118. The Morgan fingerprint density at radius 3 is 2.80 bits per heavy atom. The van der Waals surface area contributed by atoms with Crippen molar-refractivity contribution in [2.45, 2.75) is 15.2 Å². The van der Waals surface area contributed by atoms with E-state index in [2.05, 4.69) is 15.5 Å². The molecule has 0 saturated heterocycles. The van der Waals surface area contributed by atoms with E-state index in [1.165, 1.54) is 23.1 Å². The summed E-state index contributed by atoms with van der Waals surface area (Å²) < 4.78 is 1.71. The molecule has 2 aromatic rings. The van der Waals surface area contributed by atoms with Crippen LogP contribution in [0.1, 0.15) is 5.56 Å². The van der Waals surface area contributed by atoms with Gasteiger partial charge < -0.3 is 5.32 Å². The minimum absolute atomic E-state index is 0.0455. The van der Waals surface area contributed by atoms with Crippen LogP contribution in [0, 0.1) is 0 Å². The van der Waals surface area contributed by atoms with Crippen LogP contribution in [0.4, 0.5) is 0 Å². The van der Waals surface area contributed by atoms with Crippen molar-refractivity contribution in [2.75, 3.05) is 12.0 Å². The van der Waals surface area contributed by atoms with Gasteiger partial charge in [0.15, 0.2) is 8.68 Å². The molecule has 0 aliphatic rings. The van der Waals surface area contributed by atoms with Gasteiger partial charge in [-0.05, 0) is 17.9 Å². The van der Waals surface area contributed by atoms with Gasteiger partial charge in [0.2, 0.25) is 5.91 Å². The Balaban J connectivity index is 1.77. The van der Waals surface area contributed by atoms with Crippen molar-refractivity contribution in [1.82, 2.24) is 15.5 Å². The zero-order valence-corrected chi connectivity index (χ0v) is 13.8. The Labute approximate surface area is 134 Å². The maximum Gasteiger partial charge on any atom is 0.230 e. The molecule has 0 spiro atoms. The number of carbonyl (C=O) groups excluding carboxylic acids is 1. The lowest BCUT2D eigenvalue weighted by atomic mass is 10.2. The zero-order valence-electron chi connectivity index (χ0n) is 10.6. The molecular weight excluding hydrogens is 334 g/mol. The van der Waals surface area contributed by atoms with Crippen LogP contribution in [0.25, 0.3) is 0 Å². The van der Waals surface area contributed by atoms with E-state index in [0.717, 1.165) is 14.2 Å². The molecule has 0 fully saturated rings. The van der Waals surface area contributed by atoms with Crippen LogP contribution in [-0.2, 0) is 11.3 Å². The highest BCUT2D eigenvalue weighted by Crippen LogP contribution is 2.27. The number of hydrogen-bond donors (Lipinski definition) is 1. The van der Waals surface area contributed by atoms with E-state index in [1.54, 1.807) is 11.8 Å². The fourth-order valence-corrected chi connectivity index (χ4v) is 3.82. The first-order valence-electron chi connectivity index (χ1n) is 5.69. The SMILES string of the molecule is CSc1nnc(SCC(=O)NCc2ccccc2Cl)s1. The number of hydrogen-bond acceptors (Lipinski definition) is 6. The molecule has 1 amide bonds. The lowest BCUT2D eigenvalue weighted by Gasteiger charge is -2.05. The molecule has 2 rings (SSSR count). The van der Waals surface area contributed by atoms with Gasteiger partial charge in [-0.3, -0.25) is 4.79 Å². The maximum absolute atomic E-state index is 11.8. The highest BCUT2D eigenvalue weighted by atomic mass is 35.5. The topological polar surface area (TPSA) is 54.9 Å². The summed E-state index contributed by atoms with van der Waals surface area (Å²) in [7, 11) is 0. The van der Waals surface area contributed by atoms with E-state index in [4.69, 9.17) is 11.6 Å². The molecule has 4 nitrogen and oxygen atoms in total. The summed E-state index contributed by atoms with van der Waals surface area (Å²) in [6, 6.07) is 7.46. The predicted molar refractivity (Wildman–Crippen MR) is 85.7 cm³/mol. The summed E-state index contributed by atoms with van der Waals surface area (Å²) in [5.74, 6) is 0.281. The average Bonchev–Trinajstić information content (AvgIpc) is 2.92. The van der Waals surface area contributed by atoms with Crippen molar-refractivity contribution in [2.24, 2.45) is 0 Å². The minimum Gasteiger partial charge on any atom is -0.351 e. The van der Waals surface area contributed by atoms with Crippen molar-refractivity contribution >= 4 is 52.4 Å². The van der Waals surface area contributed by atoms with Crippen LogP contribution in [0.3, 0.4) is 0 Å². The molecule has 1 aromatic heterocycles. The van der Waals surface area contributed by atoms with Gasteiger partial charge in [0.05, 0.1) is 5.75 Å². The van der Waals surface area contributed by atoms with Crippen LogP contribution in [0.5, 0.6) is 0 Å². The molecule has 1 N–H and O–H groups in total. The zero-order chi connectivity index (χ0) is 14.4. The van der Waals surface area contributed by atoms with Crippen molar-refractivity contribution in [1.29, 1.82) is 0 Å². The van der Waals surface area contributed by atoms with Crippen LogP contribution < -0.4 is 5.32 Å². The average molecular weight is 346 g/mol. The Morgan fingerprint density at radius 1 is 1.35 bits per heavy atom. The van der Waals surface area contributed by atoms with E-state index in [9.17, 15) is 4.79 Å². The molecule has 1 aromatic carbocycles. The minimum atomic E-state index is -0.0455. The van der Waals surface area contributed by atoms with Crippen molar-refractivity contribution in [3.63, 3.8) is 0 Å². The molecule has 8 heteroatoms. The first kappa shape index (κ1) is 15.6. The van der Waals surface area contributed by atoms with E-state index < -0.39 is 0 Å². The monoisotopic (exact) mass is 345 g/mol. The molecular formula is C12H12ClN3OS3. The maximum atomic E-state index is 11.8. The molecule has 20 heavy (non-hydrogen) atoms. The normalized spacial score (nSPS) is 10.5. The number of benzene rings is 1. The van der Waals surface area contributed by atoms with Gasteiger partial charge in [0, 0.05) is 11.6 Å². The van der Waals surface area contributed by atoms with E-state index in [0.29, 0.717) is 17.3 Å². The Hall–Kier alpha value is -0.760. The van der Waals surface area contributed by atoms with Gasteiger partial charge in [0.1, 0.15) is 0 Å². The Kier molecular flexibility index (Phi) is 6.15. The second-order valence-corrected chi connectivity index (χ2v) is 7.36. The van der Waals surface area contributed by atoms with Crippen LogP contribution in [0.2, 0.25) is 5.02 Å². The third-order valence-corrected chi connectivity index (χ3v) is 5.72. The van der Waals surface area contributed by atoms with Gasteiger partial charge in [-0.25, -0.2) is 0 Å². The number of thioether (sulfide) groups is 2. The number of rotatable bonds is 6. The van der Waals surface area contributed by atoms with Gasteiger partial charge >= 0.3 is 0 Å². The molecule has 0 aliphatic carbocycles. The summed E-state index contributed by atoms with van der Waals surface area (Å²) in [5.41, 5.74) is 0.910. The largest absolute Gasteiger partial charge is 0.351 e. The molecule has 0 saturated carbocycles. The van der Waals surface area contributed by atoms with Crippen LogP contribution in [0.15, 0.2) is 32.9 Å². The van der Waals surface area contributed by atoms with Gasteiger partial charge in [-0.1, -0.05) is 64.7 Å². The Morgan fingerprint density at radius 2 is 2.10 bits per heavy atom. The fourth-order valence-electron chi connectivity index (χ4n) is 1.35.